The van der Waals surface area contributed by atoms with Gasteiger partial charge in [0.15, 0.2) is 0 Å². The van der Waals surface area contributed by atoms with Crippen molar-refractivity contribution < 1.29 is 9.47 Å². The van der Waals surface area contributed by atoms with Crippen LogP contribution in [0.1, 0.15) is 43.1 Å². The molecule has 2 aliphatic rings. The lowest BCUT2D eigenvalue weighted by atomic mass is 9.93. The number of aromatic nitrogens is 2. The number of hydrogen-bond acceptors (Lipinski definition) is 4. The predicted octanol–water partition coefficient (Wildman–Crippen LogP) is 3.43. The molecule has 1 aromatic heterocycles. The molecule has 1 saturated heterocycles. The molecule has 2 fully saturated rings. The number of nitrogens with zero attached hydrogens (tertiary/aromatic N) is 1. The van der Waals surface area contributed by atoms with Gasteiger partial charge in [0, 0.05) is 44.8 Å². The predicted molar refractivity (Wildman–Crippen MR) is 77.8 cm³/mol. The summed E-state index contributed by atoms with van der Waals surface area (Å²) in [7, 11) is 1.74. The molecule has 0 radical (unpaired) electrons. The van der Waals surface area contributed by atoms with Gasteiger partial charge in [0.1, 0.15) is 16.1 Å². The molecule has 3 rings (SSSR count). The number of methoxy groups -OCH3 is 1. The summed E-state index contributed by atoms with van der Waals surface area (Å²) in [6, 6.07) is 0. The minimum Gasteiger partial charge on any atom is -0.381 e. The van der Waals surface area contributed by atoms with Crippen LogP contribution >= 0.6 is 28.1 Å². The van der Waals surface area contributed by atoms with Crippen molar-refractivity contribution in [1.82, 2.24) is 9.97 Å². The van der Waals surface area contributed by atoms with Crippen molar-refractivity contribution >= 4 is 28.1 Å². The van der Waals surface area contributed by atoms with Crippen molar-refractivity contribution in [2.75, 3.05) is 20.3 Å². The zero-order valence-corrected chi connectivity index (χ0v) is 13.3. The smallest absolute Gasteiger partial charge is 0.144 e. The van der Waals surface area contributed by atoms with Gasteiger partial charge in [-0.2, -0.15) is 0 Å². The molecule has 2 heterocycles. The second-order valence-corrected chi connectivity index (χ2v) is 6.38. The average Bonchev–Trinajstić information content (AvgIpc) is 3.27. The van der Waals surface area contributed by atoms with Crippen LogP contribution < -0.4 is 0 Å². The van der Waals surface area contributed by atoms with E-state index >= 15 is 0 Å². The number of aromatic amines is 1. The van der Waals surface area contributed by atoms with Gasteiger partial charge in [-0.1, -0.05) is 12.2 Å². The van der Waals surface area contributed by atoms with E-state index in [1.54, 1.807) is 7.11 Å². The van der Waals surface area contributed by atoms with Crippen molar-refractivity contribution in [2.24, 2.45) is 0 Å². The topological polar surface area (TPSA) is 47.1 Å². The Hall–Kier alpha value is -0.300. The zero-order valence-electron chi connectivity index (χ0n) is 10.9. The van der Waals surface area contributed by atoms with Gasteiger partial charge in [-0.25, -0.2) is 4.98 Å². The molecular formula is C13H17BrN2O2S. The van der Waals surface area contributed by atoms with Gasteiger partial charge in [-0.05, 0) is 28.8 Å². The lowest BCUT2D eigenvalue weighted by Gasteiger charge is -2.35. The van der Waals surface area contributed by atoms with Crippen LogP contribution in [0.5, 0.6) is 0 Å². The first-order valence-electron chi connectivity index (χ1n) is 6.59. The lowest BCUT2D eigenvalue weighted by molar-refractivity contribution is -0.100. The van der Waals surface area contributed by atoms with Gasteiger partial charge in [-0.15, -0.1) is 0 Å². The second kappa shape index (κ2) is 5.24. The number of ether oxygens (including phenoxy) is 2. The first-order valence-corrected chi connectivity index (χ1v) is 7.79. The van der Waals surface area contributed by atoms with E-state index in [0.29, 0.717) is 23.8 Å². The molecule has 0 atom stereocenters. The zero-order chi connectivity index (χ0) is 13.5. The Bertz CT molecular complexity index is 536. The maximum Gasteiger partial charge on any atom is 0.144 e. The summed E-state index contributed by atoms with van der Waals surface area (Å²) < 4.78 is 12.8. The first kappa shape index (κ1) is 13.7. The molecule has 1 aliphatic heterocycles. The molecule has 0 bridgehead atoms. The molecule has 0 unspecified atom stereocenters. The monoisotopic (exact) mass is 344 g/mol. The fourth-order valence-electron chi connectivity index (χ4n) is 2.58. The Kier molecular flexibility index (Phi) is 3.77. The Morgan fingerprint density at radius 3 is 2.68 bits per heavy atom. The third kappa shape index (κ3) is 2.51. The van der Waals surface area contributed by atoms with Gasteiger partial charge in [0.25, 0.3) is 0 Å². The summed E-state index contributed by atoms with van der Waals surface area (Å²) in [5, 5.41) is 0. The van der Waals surface area contributed by atoms with Crippen LogP contribution in [0.3, 0.4) is 0 Å². The van der Waals surface area contributed by atoms with Gasteiger partial charge in [0.2, 0.25) is 0 Å². The van der Waals surface area contributed by atoms with Gasteiger partial charge < -0.3 is 14.5 Å². The van der Waals surface area contributed by atoms with Gasteiger partial charge in [-0.3, -0.25) is 0 Å². The highest BCUT2D eigenvalue weighted by atomic mass is 79.9. The minimum absolute atomic E-state index is 0.379. The molecule has 6 heteroatoms. The van der Waals surface area contributed by atoms with E-state index in [-0.39, 0.29) is 5.60 Å². The fourth-order valence-corrected chi connectivity index (χ4v) is 3.30. The quantitative estimate of drug-likeness (QED) is 0.853. The number of H-pyrrole nitrogens is 1. The molecule has 1 aromatic rings. The molecule has 4 nitrogen and oxygen atoms in total. The average molecular weight is 345 g/mol. The van der Waals surface area contributed by atoms with Crippen molar-refractivity contribution in [1.29, 1.82) is 0 Å². The molecular weight excluding hydrogens is 328 g/mol. The van der Waals surface area contributed by atoms with E-state index in [1.165, 1.54) is 18.5 Å². The molecule has 0 spiro atoms. The SMILES string of the molecule is COC1(c2nc(=S)c(Br)c(C3CC3)[nH]2)CCOCC1. The Morgan fingerprint density at radius 2 is 2.11 bits per heavy atom. The highest BCUT2D eigenvalue weighted by Crippen LogP contribution is 2.43. The van der Waals surface area contributed by atoms with Gasteiger partial charge in [0.05, 0.1) is 4.47 Å². The van der Waals surface area contributed by atoms with E-state index in [0.717, 1.165) is 23.1 Å². The van der Waals surface area contributed by atoms with E-state index < -0.39 is 0 Å². The second-order valence-electron chi connectivity index (χ2n) is 5.20. The van der Waals surface area contributed by atoms with Crippen molar-refractivity contribution in [3.05, 3.63) is 20.6 Å². The molecule has 1 aliphatic carbocycles. The minimum atomic E-state index is -0.379. The van der Waals surface area contributed by atoms with Crippen LogP contribution in [0.15, 0.2) is 4.47 Å². The van der Waals surface area contributed by atoms with Crippen LogP contribution in [0.4, 0.5) is 0 Å². The normalized spacial score (nSPS) is 22.4. The standard InChI is InChI=1S/C13H17BrN2O2S/c1-17-13(4-6-18-7-5-13)12-15-10(8-2-3-8)9(14)11(19)16-12/h8H,2-7H2,1H3,(H,15,16,19). The molecule has 104 valence electrons. The van der Waals surface area contributed by atoms with Crippen LogP contribution in [0.2, 0.25) is 0 Å². The molecule has 0 aromatic carbocycles. The third-order valence-electron chi connectivity index (χ3n) is 4.00. The highest BCUT2D eigenvalue weighted by molar-refractivity contribution is 9.10. The van der Waals surface area contributed by atoms with Crippen LogP contribution in [-0.4, -0.2) is 30.3 Å². The van der Waals surface area contributed by atoms with Crippen LogP contribution in [0.25, 0.3) is 0 Å². The molecule has 1 saturated carbocycles. The summed E-state index contributed by atoms with van der Waals surface area (Å²) in [6.07, 6.45) is 4.06. The number of nitrogens with one attached hydrogen (secondary N) is 1. The highest BCUT2D eigenvalue weighted by Gasteiger charge is 2.38. The molecule has 0 amide bonds. The lowest BCUT2D eigenvalue weighted by Crippen LogP contribution is -2.37. The van der Waals surface area contributed by atoms with Crippen molar-refractivity contribution in [3.63, 3.8) is 0 Å². The van der Waals surface area contributed by atoms with E-state index in [2.05, 4.69) is 25.9 Å². The largest absolute Gasteiger partial charge is 0.381 e. The molecule has 1 N–H and O–H groups in total. The third-order valence-corrected chi connectivity index (χ3v) is 5.36. The van der Waals surface area contributed by atoms with E-state index in [9.17, 15) is 0 Å². The number of halogens is 1. The van der Waals surface area contributed by atoms with Crippen LogP contribution in [-0.2, 0) is 15.1 Å². The van der Waals surface area contributed by atoms with Crippen molar-refractivity contribution in [2.45, 2.75) is 37.2 Å². The van der Waals surface area contributed by atoms with E-state index in [1.807, 2.05) is 0 Å². The van der Waals surface area contributed by atoms with Crippen LogP contribution in [0, 0.1) is 4.64 Å². The Balaban J connectivity index is 2.06. The summed E-state index contributed by atoms with van der Waals surface area (Å²) in [5.74, 6) is 1.44. The van der Waals surface area contributed by atoms with Gasteiger partial charge >= 0.3 is 0 Å². The maximum absolute atomic E-state index is 5.78. The summed E-state index contributed by atoms with van der Waals surface area (Å²) >= 11 is 8.93. The van der Waals surface area contributed by atoms with E-state index in [4.69, 9.17) is 21.7 Å². The fraction of sp³-hybridized carbons (Fsp3) is 0.692. The number of rotatable bonds is 3. The van der Waals surface area contributed by atoms with Crippen molar-refractivity contribution in [3.8, 4) is 0 Å². The summed E-state index contributed by atoms with van der Waals surface area (Å²) in [5.41, 5.74) is 0.800. The summed E-state index contributed by atoms with van der Waals surface area (Å²) in [6.45, 7) is 1.40. The number of hydrogen-bond donors (Lipinski definition) is 1. The Morgan fingerprint density at radius 1 is 1.42 bits per heavy atom. The Labute approximate surface area is 126 Å². The molecule has 19 heavy (non-hydrogen) atoms. The summed E-state index contributed by atoms with van der Waals surface area (Å²) in [4.78, 5) is 8.01. The first-order chi connectivity index (χ1) is 9.16. The maximum atomic E-state index is 5.78.